The van der Waals surface area contributed by atoms with Gasteiger partial charge in [0.1, 0.15) is 0 Å². The SMILES string of the molecule is CC1B(c2ccncc2N)C=CC(C)(C)C1(C)C. The van der Waals surface area contributed by atoms with Gasteiger partial charge in [-0.25, -0.2) is 0 Å². The second-order valence-corrected chi connectivity index (χ2v) is 6.62. The average molecular weight is 242 g/mol. The molecule has 0 saturated carbocycles. The van der Waals surface area contributed by atoms with E-state index in [-0.39, 0.29) is 10.8 Å². The van der Waals surface area contributed by atoms with Crippen molar-refractivity contribution in [3.63, 3.8) is 0 Å². The second kappa shape index (κ2) is 4.15. The summed E-state index contributed by atoms with van der Waals surface area (Å²) in [6.07, 6.45) is 5.93. The van der Waals surface area contributed by atoms with Crippen LogP contribution >= 0.6 is 0 Å². The summed E-state index contributed by atoms with van der Waals surface area (Å²) in [5.41, 5.74) is 8.53. The van der Waals surface area contributed by atoms with Gasteiger partial charge in [-0.05, 0) is 22.4 Å². The van der Waals surface area contributed by atoms with Gasteiger partial charge in [-0.1, -0.05) is 46.5 Å². The molecule has 2 heterocycles. The molecule has 1 aliphatic rings. The van der Waals surface area contributed by atoms with Gasteiger partial charge in [0, 0.05) is 18.1 Å². The lowest BCUT2D eigenvalue weighted by Crippen LogP contribution is -2.48. The van der Waals surface area contributed by atoms with E-state index in [0.717, 1.165) is 5.69 Å². The lowest BCUT2D eigenvalue weighted by molar-refractivity contribution is 0.154. The second-order valence-electron chi connectivity index (χ2n) is 6.62. The molecule has 2 nitrogen and oxygen atoms in total. The number of nitrogens with zero attached hydrogens (tertiary/aromatic N) is 1. The normalized spacial score (nSPS) is 25.2. The third-order valence-corrected chi connectivity index (χ3v) is 5.30. The van der Waals surface area contributed by atoms with E-state index in [2.05, 4.69) is 57.7 Å². The monoisotopic (exact) mass is 242 g/mol. The minimum atomic E-state index is 0.213. The van der Waals surface area contributed by atoms with Crippen molar-refractivity contribution in [2.45, 2.75) is 40.4 Å². The number of hydrogen-bond donors (Lipinski definition) is 1. The highest BCUT2D eigenvalue weighted by Gasteiger charge is 2.46. The molecule has 0 fully saturated rings. The van der Waals surface area contributed by atoms with E-state index in [9.17, 15) is 0 Å². The van der Waals surface area contributed by atoms with E-state index >= 15 is 0 Å². The molecule has 1 aromatic heterocycles. The van der Waals surface area contributed by atoms with E-state index in [4.69, 9.17) is 5.73 Å². The molecule has 1 unspecified atom stereocenters. The van der Waals surface area contributed by atoms with Gasteiger partial charge in [-0.2, -0.15) is 0 Å². The van der Waals surface area contributed by atoms with Gasteiger partial charge in [0.15, 0.2) is 0 Å². The summed E-state index contributed by atoms with van der Waals surface area (Å²) in [5.74, 6) is 2.86. The molecule has 0 amide bonds. The highest BCUT2D eigenvalue weighted by molar-refractivity contribution is 6.80. The Labute approximate surface area is 111 Å². The molecular formula is C15H23BN2. The summed E-state index contributed by atoms with van der Waals surface area (Å²) in [4.78, 5) is 4.08. The van der Waals surface area contributed by atoms with E-state index in [0.29, 0.717) is 12.5 Å². The zero-order valence-corrected chi connectivity index (χ0v) is 12.1. The van der Waals surface area contributed by atoms with Crippen molar-refractivity contribution in [3.8, 4) is 0 Å². The quantitative estimate of drug-likeness (QED) is 0.769. The Balaban J connectivity index is 2.47. The lowest BCUT2D eigenvalue weighted by Gasteiger charge is -2.49. The van der Waals surface area contributed by atoms with E-state index < -0.39 is 0 Å². The highest BCUT2D eigenvalue weighted by atomic mass is 14.7. The van der Waals surface area contributed by atoms with Gasteiger partial charge >= 0.3 is 0 Å². The fourth-order valence-electron chi connectivity index (χ4n) is 2.86. The van der Waals surface area contributed by atoms with Crippen LogP contribution in [0.25, 0.3) is 0 Å². The van der Waals surface area contributed by atoms with Crippen LogP contribution in [0.3, 0.4) is 0 Å². The molecule has 0 radical (unpaired) electrons. The Morgan fingerprint density at radius 2 is 1.94 bits per heavy atom. The Kier molecular flexibility index (Phi) is 3.04. The number of aromatic nitrogens is 1. The predicted octanol–water partition coefficient (Wildman–Crippen LogP) is 2.92. The first-order chi connectivity index (χ1) is 8.27. The smallest absolute Gasteiger partial charge is 0.206 e. The van der Waals surface area contributed by atoms with Gasteiger partial charge in [0.2, 0.25) is 6.71 Å². The molecule has 2 rings (SSSR count). The van der Waals surface area contributed by atoms with Gasteiger partial charge in [0.05, 0.1) is 0 Å². The molecule has 1 atom stereocenters. The number of allylic oxidation sites excluding steroid dienone is 1. The zero-order chi connectivity index (χ0) is 13.6. The molecule has 96 valence electrons. The van der Waals surface area contributed by atoms with E-state index in [1.165, 1.54) is 5.46 Å². The van der Waals surface area contributed by atoms with Crippen molar-refractivity contribution in [2.75, 3.05) is 5.73 Å². The van der Waals surface area contributed by atoms with Crippen LogP contribution in [-0.4, -0.2) is 11.7 Å². The number of pyridine rings is 1. The van der Waals surface area contributed by atoms with Crippen LogP contribution in [0.1, 0.15) is 34.6 Å². The standard InChI is InChI=1S/C15H23BN2/c1-11-15(4,5)14(2,3)7-8-16(11)12-6-9-18-10-13(12)17/h6-11H,17H2,1-5H3. The Bertz CT molecular complexity index is 477. The van der Waals surface area contributed by atoms with Gasteiger partial charge < -0.3 is 5.73 Å². The fourth-order valence-corrected chi connectivity index (χ4v) is 2.86. The van der Waals surface area contributed by atoms with Crippen molar-refractivity contribution in [1.82, 2.24) is 4.98 Å². The number of nitrogen functional groups attached to an aromatic ring is 1. The molecule has 0 saturated heterocycles. The summed E-state index contributed by atoms with van der Waals surface area (Å²) in [5, 5.41) is 0. The summed E-state index contributed by atoms with van der Waals surface area (Å²) in [7, 11) is 0. The topological polar surface area (TPSA) is 38.9 Å². The summed E-state index contributed by atoms with van der Waals surface area (Å²) in [6.45, 7) is 12.0. The average Bonchev–Trinajstić information content (AvgIpc) is 2.29. The number of anilines is 1. The van der Waals surface area contributed by atoms with Crippen LogP contribution in [0, 0.1) is 10.8 Å². The molecule has 0 bridgehead atoms. The first kappa shape index (κ1) is 13.2. The van der Waals surface area contributed by atoms with Crippen molar-refractivity contribution >= 4 is 17.9 Å². The van der Waals surface area contributed by atoms with Crippen LogP contribution in [-0.2, 0) is 0 Å². The molecule has 0 aliphatic carbocycles. The van der Waals surface area contributed by atoms with Crippen LogP contribution in [0.5, 0.6) is 0 Å². The molecule has 1 aliphatic heterocycles. The molecule has 0 aromatic carbocycles. The molecule has 18 heavy (non-hydrogen) atoms. The molecule has 3 heteroatoms. The van der Waals surface area contributed by atoms with Crippen molar-refractivity contribution < 1.29 is 0 Å². The number of hydrogen-bond acceptors (Lipinski definition) is 2. The summed E-state index contributed by atoms with van der Waals surface area (Å²) in [6, 6.07) is 2.05. The Morgan fingerprint density at radius 3 is 2.56 bits per heavy atom. The van der Waals surface area contributed by atoms with Gasteiger partial charge in [-0.15, -0.1) is 5.98 Å². The number of rotatable bonds is 1. The predicted molar refractivity (Wildman–Crippen MR) is 80.2 cm³/mol. The molecule has 1 aromatic rings. The molecule has 2 N–H and O–H groups in total. The first-order valence-electron chi connectivity index (χ1n) is 6.66. The van der Waals surface area contributed by atoms with E-state index in [1.54, 1.807) is 6.20 Å². The minimum absolute atomic E-state index is 0.213. The maximum Gasteiger partial charge on any atom is 0.206 e. The van der Waals surface area contributed by atoms with Crippen LogP contribution in [0.4, 0.5) is 5.69 Å². The zero-order valence-electron chi connectivity index (χ0n) is 12.1. The fraction of sp³-hybridized carbons (Fsp3) is 0.533. The minimum Gasteiger partial charge on any atom is -0.398 e. The molecular weight excluding hydrogens is 219 g/mol. The lowest BCUT2D eigenvalue weighted by atomic mass is 9.28. The maximum absolute atomic E-state index is 6.07. The highest BCUT2D eigenvalue weighted by Crippen LogP contribution is 2.52. The maximum atomic E-state index is 6.07. The third-order valence-electron chi connectivity index (χ3n) is 5.30. The largest absolute Gasteiger partial charge is 0.398 e. The van der Waals surface area contributed by atoms with Crippen molar-refractivity contribution in [3.05, 3.63) is 30.5 Å². The van der Waals surface area contributed by atoms with Crippen LogP contribution in [0.2, 0.25) is 5.82 Å². The Hall–Kier alpha value is -1.25. The van der Waals surface area contributed by atoms with Gasteiger partial charge in [0.25, 0.3) is 0 Å². The van der Waals surface area contributed by atoms with Crippen molar-refractivity contribution in [1.29, 1.82) is 0 Å². The van der Waals surface area contributed by atoms with Gasteiger partial charge in [-0.3, -0.25) is 4.98 Å². The first-order valence-corrected chi connectivity index (χ1v) is 6.66. The Morgan fingerprint density at radius 1 is 1.28 bits per heavy atom. The summed E-state index contributed by atoms with van der Waals surface area (Å²) >= 11 is 0. The summed E-state index contributed by atoms with van der Waals surface area (Å²) < 4.78 is 0. The van der Waals surface area contributed by atoms with Crippen molar-refractivity contribution in [2.24, 2.45) is 10.8 Å². The number of nitrogens with two attached hydrogens (primary N) is 1. The van der Waals surface area contributed by atoms with Crippen LogP contribution < -0.4 is 11.2 Å². The molecule has 0 spiro atoms. The third kappa shape index (κ3) is 1.86. The van der Waals surface area contributed by atoms with Crippen LogP contribution in [0.15, 0.2) is 30.5 Å². The van der Waals surface area contributed by atoms with E-state index in [1.807, 2.05) is 6.20 Å².